The minimum absolute atomic E-state index is 0.00589. The maximum atomic E-state index is 12.4. The van der Waals surface area contributed by atoms with Crippen molar-refractivity contribution in [1.82, 2.24) is 5.32 Å². The molecule has 0 aromatic carbocycles. The second-order valence-corrected chi connectivity index (χ2v) is 17.1. The van der Waals surface area contributed by atoms with Gasteiger partial charge in [-0.05, 0) is 44.9 Å². The standard InChI is InChI=1S/C50H97NO5/c1-3-5-7-9-11-13-22-26-30-34-38-42-48(53)47(46-52)51-49(54)43-39-35-31-27-24-20-18-16-15-17-19-21-25-29-33-37-41-45-56-50(55)44-40-36-32-28-23-14-12-10-8-6-4-2/h10,12,47-48,52-53H,3-9,11,13-46H2,1-2H3,(H,51,54)/b12-10-. The number of aliphatic hydroxyl groups excluding tert-OH is 2. The number of rotatable bonds is 46. The Morgan fingerprint density at radius 1 is 0.482 bits per heavy atom. The molecule has 2 atom stereocenters. The highest BCUT2D eigenvalue weighted by Crippen LogP contribution is 2.16. The summed E-state index contributed by atoms with van der Waals surface area (Å²) in [5.41, 5.74) is 0. The van der Waals surface area contributed by atoms with E-state index >= 15 is 0 Å². The van der Waals surface area contributed by atoms with Crippen molar-refractivity contribution in [2.75, 3.05) is 13.2 Å². The molecule has 0 aliphatic rings. The molecule has 0 aliphatic heterocycles. The molecule has 0 aromatic rings. The highest BCUT2D eigenvalue weighted by molar-refractivity contribution is 5.76. The summed E-state index contributed by atoms with van der Waals surface area (Å²) >= 11 is 0. The summed E-state index contributed by atoms with van der Waals surface area (Å²) in [6.45, 7) is 4.89. The van der Waals surface area contributed by atoms with Crippen molar-refractivity contribution >= 4 is 11.9 Å². The van der Waals surface area contributed by atoms with Crippen LogP contribution in [-0.2, 0) is 14.3 Å². The van der Waals surface area contributed by atoms with Crippen LogP contribution in [0.3, 0.4) is 0 Å². The lowest BCUT2D eigenvalue weighted by molar-refractivity contribution is -0.143. The van der Waals surface area contributed by atoms with Gasteiger partial charge in [-0.3, -0.25) is 9.59 Å². The van der Waals surface area contributed by atoms with Crippen LogP contribution in [-0.4, -0.2) is 47.4 Å². The number of carbonyl (C=O) groups excluding carboxylic acids is 2. The highest BCUT2D eigenvalue weighted by atomic mass is 16.5. The molecule has 0 bridgehead atoms. The third-order valence-corrected chi connectivity index (χ3v) is 11.6. The van der Waals surface area contributed by atoms with Gasteiger partial charge in [-0.2, -0.15) is 0 Å². The SMILES string of the molecule is CCCC/C=C\CCCCCCCC(=O)OCCCCCCCCCCCCCCCCCCCC(=O)NC(CO)C(O)CCCCCCCCCCCCC. The lowest BCUT2D eigenvalue weighted by atomic mass is 10.0. The van der Waals surface area contributed by atoms with Gasteiger partial charge in [0.2, 0.25) is 5.91 Å². The molecular formula is C50H97NO5. The number of carbonyl (C=O) groups is 2. The van der Waals surface area contributed by atoms with Crippen LogP contribution in [0.5, 0.6) is 0 Å². The number of amides is 1. The predicted octanol–water partition coefficient (Wildman–Crippen LogP) is 14.6. The second-order valence-electron chi connectivity index (χ2n) is 17.1. The zero-order valence-corrected chi connectivity index (χ0v) is 37.6. The second kappa shape index (κ2) is 46.3. The molecule has 0 aliphatic carbocycles. The van der Waals surface area contributed by atoms with Crippen LogP contribution in [0.1, 0.15) is 271 Å². The molecule has 332 valence electrons. The van der Waals surface area contributed by atoms with Crippen molar-refractivity contribution < 1.29 is 24.5 Å². The van der Waals surface area contributed by atoms with E-state index in [1.165, 1.54) is 193 Å². The van der Waals surface area contributed by atoms with Gasteiger partial charge in [-0.1, -0.05) is 225 Å². The molecule has 0 saturated carbocycles. The molecule has 0 heterocycles. The Bertz CT molecular complexity index is 832. The van der Waals surface area contributed by atoms with Gasteiger partial charge in [-0.15, -0.1) is 0 Å². The molecule has 6 nitrogen and oxygen atoms in total. The molecule has 1 amide bonds. The third kappa shape index (κ3) is 42.2. The molecular weight excluding hydrogens is 695 g/mol. The normalized spacial score (nSPS) is 12.7. The summed E-state index contributed by atoms with van der Waals surface area (Å²) in [5, 5.41) is 23.1. The Morgan fingerprint density at radius 3 is 1.32 bits per heavy atom. The van der Waals surface area contributed by atoms with Gasteiger partial charge in [0, 0.05) is 12.8 Å². The molecule has 0 saturated heterocycles. The van der Waals surface area contributed by atoms with E-state index in [2.05, 4.69) is 31.3 Å². The minimum Gasteiger partial charge on any atom is -0.466 e. The Labute approximate surface area is 349 Å². The first-order valence-electron chi connectivity index (χ1n) is 24.9. The third-order valence-electron chi connectivity index (χ3n) is 11.6. The van der Waals surface area contributed by atoms with Gasteiger partial charge < -0.3 is 20.3 Å². The Morgan fingerprint density at radius 2 is 0.857 bits per heavy atom. The number of unbranched alkanes of at least 4 members (excludes halogenated alkanes) is 33. The number of nitrogens with one attached hydrogen (secondary N) is 1. The fourth-order valence-electron chi connectivity index (χ4n) is 7.68. The van der Waals surface area contributed by atoms with Gasteiger partial charge in [0.25, 0.3) is 0 Å². The summed E-state index contributed by atoms with van der Waals surface area (Å²) in [6, 6.07) is -0.543. The van der Waals surface area contributed by atoms with Crippen LogP contribution in [0.4, 0.5) is 0 Å². The van der Waals surface area contributed by atoms with Crippen LogP contribution in [0.25, 0.3) is 0 Å². The van der Waals surface area contributed by atoms with Gasteiger partial charge in [0.05, 0.1) is 25.4 Å². The number of allylic oxidation sites excluding steroid dienone is 2. The fourth-order valence-corrected chi connectivity index (χ4v) is 7.68. The van der Waals surface area contributed by atoms with E-state index in [-0.39, 0.29) is 18.5 Å². The summed E-state index contributed by atoms with van der Waals surface area (Å²) in [4.78, 5) is 24.4. The zero-order valence-electron chi connectivity index (χ0n) is 37.6. The molecule has 0 rings (SSSR count). The molecule has 2 unspecified atom stereocenters. The first kappa shape index (κ1) is 54.6. The average Bonchev–Trinajstić information content (AvgIpc) is 3.20. The maximum absolute atomic E-state index is 12.4. The molecule has 3 N–H and O–H groups in total. The largest absolute Gasteiger partial charge is 0.466 e. The average molecular weight is 792 g/mol. The van der Waals surface area contributed by atoms with Gasteiger partial charge in [-0.25, -0.2) is 0 Å². The number of hydrogen-bond donors (Lipinski definition) is 3. The van der Waals surface area contributed by atoms with E-state index in [1.807, 2.05) is 0 Å². The predicted molar refractivity (Wildman–Crippen MR) is 241 cm³/mol. The fraction of sp³-hybridized carbons (Fsp3) is 0.920. The minimum atomic E-state index is -0.665. The number of aliphatic hydroxyl groups is 2. The molecule has 0 aromatic heterocycles. The van der Waals surface area contributed by atoms with Crippen molar-refractivity contribution in [2.24, 2.45) is 0 Å². The number of ether oxygens (including phenoxy) is 1. The molecule has 56 heavy (non-hydrogen) atoms. The molecule has 0 radical (unpaired) electrons. The van der Waals surface area contributed by atoms with E-state index < -0.39 is 12.1 Å². The van der Waals surface area contributed by atoms with E-state index in [0.717, 1.165) is 44.9 Å². The zero-order chi connectivity index (χ0) is 40.8. The summed E-state index contributed by atoms with van der Waals surface area (Å²) in [5.74, 6) is -0.0473. The Hall–Kier alpha value is -1.40. The Kier molecular flexibility index (Phi) is 45.1. The van der Waals surface area contributed by atoms with Gasteiger partial charge >= 0.3 is 5.97 Å². The first-order valence-corrected chi connectivity index (χ1v) is 24.9. The van der Waals surface area contributed by atoms with E-state index in [1.54, 1.807) is 0 Å². The summed E-state index contributed by atoms with van der Waals surface area (Å²) in [7, 11) is 0. The van der Waals surface area contributed by atoms with Crippen molar-refractivity contribution in [3.05, 3.63) is 12.2 Å². The van der Waals surface area contributed by atoms with Crippen molar-refractivity contribution in [3.8, 4) is 0 Å². The van der Waals surface area contributed by atoms with Crippen LogP contribution in [0, 0.1) is 0 Å². The smallest absolute Gasteiger partial charge is 0.305 e. The van der Waals surface area contributed by atoms with E-state index in [0.29, 0.717) is 25.9 Å². The summed E-state index contributed by atoms with van der Waals surface area (Å²) in [6.07, 6.45) is 51.8. The topological polar surface area (TPSA) is 95.9 Å². The maximum Gasteiger partial charge on any atom is 0.305 e. The highest BCUT2D eigenvalue weighted by Gasteiger charge is 2.20. The van der Waals surface area contributed by atoms with Crippen molar-refractivity contribution in [1.29, 1.82) is 0 Å². The monoisotopic (exact) mass is 792 g/mol. The van der Waals surface area contributed by atoms with Gasteiger partial charge in [0.1, 0.15) is 0 Å². The summed E-state index contributed by atoms with van der Waals surface area (Å²) < 4.78 is 5.44. The van der Waals surface area contributed by atoms with Crippen LogP contribution in [0.2, 0.25) is 0 Å². The first-order chi connectivity index (χ1) is 27.5. The Balaban J connectivity index is 3.41. The van der Waals surface area contributed by atoms with Crippen LogP contribution < -0.4 is 5.32 Å². The number of hydrogen-bond acceptors (Lipinski definition) is 5. The van der Waals surface area contributed by atoms with Gasteiger partial charge in [0.15, 0.2) is 0 Å². The van der Waals surface area contributed by atoms with Crippen LogP contribution >= 0.6 is 0 Å². The quantitative estimate of drug-likeness (QED) is 0.0324. The van der Waals surface area contributed by atoms with Crippen molar-refractivity contribution in [2.45, 2.75) is 283 Å². The van der Waals surface area contributed by atoms with Crippen molar-refractivity contribution in [3.63, 3.8) is 0 Å². The lowest BCUT2D eigenvalue weighted by Gasteiger charge is -2.22. The number of esters is 1. The van der Waals surface area contributed by atoms with E-state index in [9.17, 15) is 19.8 Å². The molecule has 0 spiro atoms. The molecule has 6 heteroatoms. The molecule has 0 fully saturated rings. The van der Waals surface area contributed by atoms with E-state index in [4.69, 9.17) is 4.74 Å². The van der Waals surface area contributed by atoms with Crippen LogP contribution in [0.15, 0.2) is 12.2 Å². The lowest BCUT2D eigenvalue weighted by Crippen LogP contribution is -2.45.